The van der Waals surface area contributed by atoms with Crippen LogP contribution in [0.25, 0.3) is 0 Å². The van der Waals surface area contributed by atoms with E-state index in [0.29, 0.717) is 25.5 Å². The van der Waals surface area contributed by atoms with Crippen molar-refractivity contribution in [3.8, 4) is 0 Å². The van der Waals surface area contributed by atoms with Crippen molar-refractivity contribution in [3.63, 3.8) is 0 Å². The van der Waals surface area contributed by atoms with E-state index in [2.05, 4.69) is 20.7 Å². The Bertz CT molecular complexity index is 561. The standard InChI is InChI=1S/C11H14BrF3N2O2S/c12-9-5-8(11(13,14)15)6-10(7-9)20(18,19)17-4-2-1-3-16/h5-7,17H,1-4,16H2. The van der Waals surface area contributed by atoms with Crippen molar-refractivity contribution in [1.29, 1.82) is 0 Å². The maximum atomic E-state index is 12.6. The Hall–Kier alpha value is -0.640. The van der Waals surface area contributed by atoms with Gasteiger partial charge in [-0.05, 0) is 37.6 Å². The summed E-state index contributed by atoms with van der Waals surface area (Å²) in [6.07, 6.45) is -3.45. The topological polar surface area (TPSA) is 72.2 Å². The largest absolute Gasteiger partial charge is 0.416 e. The van der Waals surface area contributed by atoms with Gasteiger partial charge in [0.2, 0.25) is 10.0 Å². The van der Waals surface area contributed by atoms with Crippen LogP contribution in [0.1, 0.15) is 18.4 Å². The minimum absolute atomic E-state index is 0.0506. The zero-order valence-electron chi connectivity index (χ0n) is 10.4. The average Bonchev–Trinajstić information content (AvgIpc) is 2.33. The van der Waals surface area contributed by atoms with E-state index in [0.717, 1.165) is 12.1 Å². The second-order valence-electron chi connectivity index (χ2n) is 4.07. The summed E-state index contributed by atoms with van der Waals surface area (Å²) in [4.78, 5) is -0.424. The van der Waals surface area contributed by atoms with Crippen LogP contribution < -0.4 is 10.5 Å². The first kappa shape index (κ1) is 17.4. The minimum atomic E-state index is -4.60. The molecular weight excluding hydrogens is 361 g/mol. The third-order valence-corrected chi connectivity index (χ3v) is 4.33. The molecule has 3 N–H and O–H groups in total. The van der Waals surface area contributed by atoms with Crippen molar-refractivity contribution in [2.24, 2.45) is 5.73 Å². The summed E-state index contributed by atoms with van der Waals surface area (Å²) in [6, 6.07) is 2.56. The predicted octanol–water partition coefficient (Wildman–Crippen LogP) is 2.49. The highest BCUT2D eigenvalue weighted by Gasteiger charge is 2.32. The number of nitrogens with one attached hydrogen (secondary N) is 1. The van der Waals surface area contributed by atoms with E-state index in [1.54, 1.807) is 0 Å². The van der Waals surface area contributed by atoms with E-state index in [1.165, 1.54) is 0 Å². The van der Waals surface area contributed by atoms with Crippen molar-refractivity contribution in [2.45, 2.75) is 23.9 Å². The van der Waals surface area contributed by atoms with Crippen molar-refractivity contribution in [2.75, 3.05) is 13.1 Å². The number of nitrogens with two attached hydrogens (primary N) is 1. The fourth-order valence-corrected chi connectivity index (χ4v) is 3.23. The van der Waals surface area contributed by atoms with Crippen LogP contribution in [0.4, 0.5) is 13.2 Å². The summed E-state index contributed by atoms with van der Waals surface area (Å²) in [5.41, 5.74) is 4.25. The molecular formula is C11H14BrF3N2O2S. The molecule has 0 atom stereocenters. The van der Waals surface area contributed by atoms with Crippen LogP contribution in [-0.2, 0) is 16.2 Å². The van der Waals surface area contributed by atoms with Gasteiger partial charge in [0.05, 0.1) is 10.5 Å². The highest BCUT2D eigenvalue weighted by atomic mass is 79.9. The summed E-state index contributed by atoms with van der Waals surface area (Å²) < 4.78 is 64.0. The van der Waals surface area contributed by atoms with Gasteiger partial charge >= 0.3 is 6.18 Å². The van der Waals surface area contributed by atoms with Gasteiger partial charge < -0.3 is 5.73 Å². The summed E-state index contributed by atoms with van der Waals surface area (Å²) in [7, 11) is -3.97. The van der Waals surface area contributed by atoms with E-state index in [4.69, 9.17) is 5.73 Å². The van der Waals surface area contributed by atoms with Crippen molar-refractivity contribution >= 4 is 26.0 Å². The van der Waals surface area contributed by atoms with Crippen LogP contribution in [-0.4, -0.2) is 21.5 Å². The molecule has 0 aliphatic heterocycles. The van der Waals surface area contributed by atoms with Gasteiger partial charge in [0, 0.05) is 11.0 Å². The molecule has 1 rings (SSSR count). The quantitative estimate of drug-likeness (QED) is 0.751. The van der Waals surface area contributed by atoms with E-state index >= 15 is 0 Å². The number of hydrogen-bond donors (Lipinski definition) is 2. The van der Waals surface area contributed by atoms with Crippen molar-refractivity contribution in [1.82, 2.24) is 4.72 Å². The molecule has 114 valence electrons. The molecule has 4 nitrogen and oxygen atoms in total. The maximum Gasteiger partial charge on any atom is 0.416 e. The molecule has 1 aromatic rings. The molecule has 0 saturated heterocycles. The fraction of sp³-hybridized carbons (Fsp3) is 0.455. The molecule has 0 spiro atoms. The lowest BCUT2D eigenvalue weighted by Crippen LogP contribution is -2.25. The Balaban J connectivity index is 2.98. The molecule has 1 aromatic carbocycles. The van der Waals surface area contributed by atoms with Crippen LogP contribution in [0.3, 0.4) is 0 Å². The van der Waals surface area contributed by atoms with Crippen LogP contribution in [0.15, 0.2) is 27.6 Å². The third kappa shape index (κ3) is 5.04. The molecule has 0 amide bonds. The predicted molar refractivity (Wildman–Crippen MR) is 72.6 cm³/mol. The Kier molecular flexibility index (Phi) is 5.99. The number of benzene rings is 1. The molecule has 0 saturated carbocycles. The Morgan fingerprint density at radius 1 is 1.20 bits per heavy atom. The second-order valence-corrected chi connectivity index (χ2v) is 6.75. The van der Waals surface area contributed by atoms with Crippen LogP contribution >= 0.6 is 15.9 Å². The molecule has 0 aliphatic rings. The van der Waals surface area contributed by atoms with Crippen LogP contribution in [0, 0.1) is 0 Å². The first-order valence-corrected chi connectivity index (χ1v) is 8.02. The fourth-order valence-electron chi connectivity index (χ4n) is 1.44. The van der Waals surface area contributed by atoms with Gasteiger partial charge in [-0.15, -0.1) is 0 Å². The van der Waals surface area contributed by atoms with Crippen molar-refractivity contribution in [3.05, 3.63) is 28.2 Å². The average molecular weight is 375 g/mol. The molecule has 0 heterocycles. The Morgan fingerprint density at radius 3 is 2.40 bits per heavy atom. The van der Waals surface area contributed by atoms with Gasteiger partial charge in [0.1, 0.15) is 0 Å². The van der Waals surface area contributed by atoms with Gasteiger partial charge in [-0.1, -0.05) is 15.9 Å². The van der Waals surface area contributed by atoms with Gasteiger partial charge in [-0.2, -0.15) is 13.2 Å². The summed E-state index contributed by atoms with van der Waals surface area (Å²) in [5.74, 6) is 0. The number of halogens is 4. The highest BCUT2D eigenvalue weighted by Crippen LogP contribution is 2.33. The molecule has 0 fully saturated rings. The van der Waals surface area contributed by atoms with Crippen LogP contribution in [0.2, 0.25) is 0 Å². The lowest BCUT2D eigenvalue weighted by molar-refractivity contribution is -0.137. The SMILES string of the molecule is NCCCCNS(=O)(=O)c1cc(Br)cc(C(F)(F)F)c1. The third-order valence-electron chi connectivity index (χ3n) is 2.43. The number of unbranched alkanes of at least 4 members (excludes halogenated alkanes) is 1. The number of rotatable bonds is 6. The first-order valence-electron chi connectivity index (χ1n) is 5.74. The van der Waals surface area contributed by atoms with E-state index in [9.17, 15) is 21.6 Å². The van der Waals surface area contributed by atoms with Gasteiger partial charge in [-0.25, -0.2) is 13.1 Å². The summed E-state index contributed by atoms with van der Waals surface area (Å²) in [5, 5.41) is 0. The lowest BCUT2D eigenvalue weighted by Gasteiger charge is -2.11. The lowest BCUT2D eigenvalue weighted by atomic mass is 10.2. The molecule has 0 unspecified atom stereocenters. The van der Waals surface area contributed by atoms with Crippen LogP contribution in [0.5, 0.6) is 0 Å². The van der Waals surface area contributed by atoms with Gasteiger partial charge in [0.25, 0.3) is 0 Å². The smallest absolute Gasteiger partial charge is 0.330 e. The normalized spacial score (nSPS) is 12.7. The summed E-state index contributed by atoms with van der Waals surface area (Å²) in [6.45, 7) is 0.560. The highest BCUT2D eigenvalue weighted by molar-refractivity contribution is 9.10. The maximum absolute atomic E-state index is 12.6. The zero-order chi connectivity index (χ0) is 15.4. The molecule has 0 aliphatic carbocycles. The number of hydrogen-bond acceptors (Lipinski definition) is 3. The van der Waals surface area contributed by atoms with E-state index < -0.39 is 26.7 Å². The Morgan fingerprint density at radius 2 is 1.85 bits per heavy atom. The second kappa shape index (κ2) is 6.88. The molecule has 0 aromatic heterocycles. The summed E-state index contributed by atoms with van der Waals surface area (Å²) >= 11 is 2.88. The first-order chi connectivity index (χ1) is 9.16. The molecule has 0 radical (unpaired) electrons. The molecule has 20 heavy (non-hydrogen) atoms. The molecule has 9 heteroatoms. The van der Waals surface area contributed by atoms with E-state index in [-0.39, 0.29) is 11.0 Å². The minimum Gasteiger partial charge on any atom is -0.330 e. The van der Waals surface area contributed by atoms with E-state index in [1.807, 2.05) is 0 Å². The zero-order valence-corrected chi connectivity index (χ0v) is 12.8. The molecule has 0 bridgehead atoms. The number of sulfonamides is 1. The van der Waals surface area contributed by atoms with Crippen molar-refractivity contribution < 1.29 is 21.6 Å². The monoisotopic (exact) mass is 374 g/mol. The number of alkyl halides is 3. The van der Waals surface area contributed by atoms with Gasteiger partial charge in [0.15, 0.2) is 0 Å². The van der Waals surface area contributed by atoms with Gasteiger partial charge in [-0.3, -0.25) is 0 Å². The Labute approximate surface area is 123 Å².